The normalized spacial score (nSPS) is 16.6. The highest BCUT2D eigenvalue weighted by Gasteiger charge is 2.48. The molecule has 34 heavy (non-hydrogen) atoms. The molecule has 13 heteroatoms. The molecule has 0 bridgehead atoms. The number of nitro groups is 1. The number of sulfonamides is 1. The van der Waals surface area contributed by atoms with Crippen LogP contribution >= 0.6 is 11.6 Å². The van der Waals surface area contributed by atoms with Crippen LogP contribution in [0.3, 0.4) is 0 Å². The van der Waals surface area contributed by atoms with Crippen molar-refractivity contribution in [3.63, 3.8) is 0 Å². The predicted molar refractivity (Wildman–Crippen MR) is 123 cm³/mol. The van der Waals surface area contributed by atoms with Crippen molar-refractivity contribution in [3.8, 4) is 0 Å². The predicted octanol–water partition coefficient (Wildman–Crippen LogP) is 2.47. The molecule has 1 unspecified atom stereocenters. The van der Waals surface area contributed by atoms with E-state index in [-0.39, 0.29) is 27.6 Å². The van der Waals surface area contributed by atoms with Crippen LogP contribution < -0.4 is 10.0 Å². The zero-order chi connectivity index (χ0) is 25.6. The van der Waals surface area contributed by atoms with Crippen molar-refractivity contribution < 1.29 is 27.7 Å². The van der Waals surface area contributed by atoms with E-state index in [0.29, 0.717) is 0 Å². The summed E-state index contributed by atoms with van der Waals surface area (Å²) in [7, 11) is -3.97. The first kappa shape index (κ1) is 25.3. The monoisotopic (exact) mass is 508 g/mol. The van der Waals surface area contributed by atoms with Gasteiger partial charge in [0.05, 0.1) is 21.9 Å². The van der Waals surface area contributed by atoms with Crippen LogP contribution in [-0.2, 0) is 19.6 Å². The van der Waals surface area contributed by atoms with Crippen LogP contribution in [0.25, 0.3) is 0 Å². The third-order valence-corrected chi connectivity index (χ3v) is 6.44. The van der Waals surface area contributed by atoms with Crippen molar-refractivity contribution >= 4 is 50.7 Å². The smallest absolute Gasteiger partial charge is 0.288 e. The maximum atomic E-state index is 13.4. The number of imide groups is 1. The number of carbonyl (C=O) groups is 3. The quantitative estimate of drug-likeness (QED) is 0.368. The van der Waals surface area contributed by atoms with Crippen LogP contribution in [0.1, 0.15) is 37.6 Å². The van der Waals surface area contributed by atoms with Gasteiger partial charge in [-0.25, -0.2) is 18.5 Å². The molecule has 3 rings (SSSR count). The average molecular weight is 509 g/mol. The van der Waals surface area contributed by atoms with Gasteiger partial charge >= 0.3 is 0 Å². The Balaban J connectivity index is 1.99. The molecule has 2 N–H and O–H groups in total. The first-order valence-corrected chi connectivity index (χ1v) is 11.8. The molecule has 1 atom stereocenters. The summed E-state index contributed by atoms with van der Waals surface area (Å²) in [6, 6.07) is 7.22. The SMILES string of the molecule is CC(C)(C)N(C(=O)c1ccc(Cl)c([N+](=O)[O-])c1)C1CC(=O)N(c2ccc(S(N)(=O)=O)cc2)C1=O. The van der Waals surface area contributed by atoms with Crippen LogP contribution in [0.15, 0.2) is 47.4 Å². The van der Waals surface area contributed by atoms with E-state index in [0.717, 1.165) is 23.1 Å². The number of anilines is 1. The number of rotatable bonds is 5. The Morgan fingerprint density at radius 1 is 1.18 bits per heavy atom. The molecule has 0 radical (unpaired) electrons. The number of nitrogens with two attached hydrogens (primary N) is 1. The summed E-state index contributed by atoms with van der Waals surface area (Å²) in [6.45, 7) is 4.99. The summed E-state index contributed by atoms with van der Waals surface area (Å²) in [5, 5.41) is 16.2. The number of halogens is 1. The Kier molecular flexibility index (Phi) is 6.53. The second kappa shape index (κ2) is 8.78. The number of nitro benzene ring substituents is 1. The van der Waals surface area contributed by atoms with E-state index in [9.17, 15) is 32.9 Å². The first-order chi connectivity index (χ1) is 15.6. The highest BCUT2D eigenvalue weighted by atomic mass is 35.5. The van der Waals surface area contributed by atoms with Crippen molar-refractivity contribution in [2.45, 2.75) is 43.7 Å². The lowest BCUT2D eigenvalue weighted by Crippen LogP contribution is -2.54. The summed E-state index contributed by atoms with van der Waals surface area (Å²) in [5.41, 5.74) is -1.36. The van der Waals surface area contributed by atoms with Gasteiger partial charge in [-0.15, -0.1) is 0 Å². The van der Waals surface area contributed by atoms with E-state index in [1.165, 1.54) is 29.2 Å². The summed E-state index contributed by atoms with van der Waals surface area (Å²) in [5.74, 6) is -1.98. The Labute approximate surface area is 200 Å². The number of primary sulfonamides is 1. The largest absolute Gasteiger partial charge is 0.321 e. The molecule has 3 amide bonds. The van der Waals surface area contributed by atoms with Gasteiger partial charge in [0.15, 0.2) is 0 Å². The molecule has 0 aromatic heterocycles. The fourth-order valence-electron chi connectivity index (χ4n) is 3.71. The number of nitrogens with zero attached hydrogens (tertiary/aromatic N) is 3. The zero-order valence-corrected chi connectivity index (χ0v) is 20.0. The van der Waals surface area contributed by atoms with Gasteiger partial charge in [-0.2, -0.15) is 0 Å². The standard InChI is InChI=1S/C21H21ClN4O7S/c1-21(2,3)25(19(28)12-4-9-15(22)16(10-12)26(30)31)17-11-18(27)24(20(17)29)13-5-7-14(8-6-13)34(23,32)33/h4-10,17H,11H2,1-3H3,(H2,23,32,33). The van der Waals surface area contributed by atoms with Gasteiger partial charge in [0.2, 0.25) is 15.9 Å². The van der Waals surface area contributed by atoms with E-state index in [1.54, 1.807) is 20.8 Å². The molecule has 0 aliphatic carbocycles. The fraction of sp³-hybridized carbons (Fsp3) is 0.286. The second-order valence-electron chi connectivity index (χ2n) is 8.60. The number of benzene rings is 2. The van der Waals surface area contributed by atoms with Gasteiger partial charge in [-0.3, -0.25) is 24.5 Å². The Bertz CT molecular complexity index is 1300. The van der Waals surface area contributed by atoms with E-state index >= 15 is 0 Å². The molecule has 0 spiro atoms. The van der Waals surface area contributed by atoms with Crippen LogP contribution in [0, 0.1) is 10.1 Å². The summed E-state index contributed by atoms with van der Waals surface area (Å²) in [6.07, 6.45) is -0.325. The lowest BCUT2D eigenvalue weighted by molar-refractivity contribution is -0.384. The number of hydrogen-bond acceptors (Lipinski definition) is 7. The van der Waals surface area contributed by atoms with E-state index in [4.69, 9.17) is 16.7 Å². The number of hydrogen-bond donors (Lipinski definition) is 1. The average Bonchev–Trinajstić information content (AvgIpc) is 3.00. The third-order valence-electron chi connectivity index (χ3n) is 5.19. The zero-order valence-electron chi connectivity index (χ0n) is 18.4. The fourth-order valence-corrected chi connectivity index (χ4v) is 4.41. The van der Waals surface area contributed by atoms with Gasteiger partial charge in [0.25, 0.3) is 17.5 Å². The Morgan fingerprint density at radius 3 is 2.26 bits per heavy atom. The number of amides is 3. The van der Waals surface area contributed by atoms with E-state index in [1.807, 2.05) is 0 Å². The van der Waals surface area contributed by atoms with Crippen molar-refractivity contribution in [2.24, 2.45) is 5.14 Å². The van der Waals surface area contributed by atoms with Gasteiger partial charge in [-0.1, -0.05) is 11.6 Å². The second-order valence-corrected chi connectivity index (χ2v) is 10.6. The molecule has 1 aliphatic rings. The maximum Gasteiger partial charge on any atom is 0.288 e. The minimum absolute atomic E-state index is 0.0674. The maximum absolute atomic E-state index is 13.4. The van der Waals surface area contributed by atoms with Crippen LogP contribution in [-0.4, -0.2) is 47.5 Å². The van der Waals surface area contributed by atoms with E-state index in [2.05, 4.69) is 0 Å². The minimum atomic E-state index is -3.97. The Morgan fingerprint density at radius 2 is 1.76 bits per heavy atom. The van der Waals surface area contributed by atoms with Crippen molar-refractivity contribution in [2.75, 3.05) is 4.90 Å². The van der Waals surface area contributed by atoms with Gasteiger partial charge in [0, 0.05) is 17.2 Å². The van der Waals surface area contributed by atoms with Gasteiger partial charge in [0.1, 0.15) is 11.1 Å². The molecule has 1 aliphatic heterocycles. The first-order valence-electron chi connectivity index (χ1n) is 9.90. The highest BCUT2D eigenvalue weighted by Crippen LogP contribution is 2.33. The Hall–Kier alpha value is -3.35. The molecular weight excluding hydrogens is 488 g/mol. The molecular formula is C21H21ClN4O7S. The molecule has 2 aromatic rings. The lowest BCUT2D eigenvalue weighted by atomic mass is 9.99. The van der Waals surface area contributed by atoms with Crippen LogP contribution in [0.4, 0.5) is 11.4 Å². The summed E-state index contributed by atoms with van der Waals surface area (Å²) >= 11 is 5.84. The van der Waals surface area contributed by atoms with Crippen molar-refractivity contribution in [1.82, 2.24) is 4.90 Å². The molecule has 1 saturated heterocycles. The third kappa shape index (κ3) is 4.79. The van der Waals surface area contributed by atoms with Crippen LogP contribution in [0.2, 0.25) is 5.02 Å². The van der Waals surface area contributed by atoms with Crippen molar-refractivity contribution in [3.05, 3.63) is 63.2 Å². The molecule has 2 aromatic carbocycles. The molecule has 1 heterocycles. The number of carbonyl (C=O) groups excluding carboxylic acids is 3. The van der Waals surface area contributed by atoms with Gasteiger partial charge < -0.3 is 4.90 Å². The summed E-state index contributed by atoms with van der Waals surface area (Å²) < 4.78 is 23.0. The topological polar surface area (TPSA) is 161 Å². The van der Waals surface area contributed by atoms with Crippen LogP contribution in [0.5, 0.6) is 0 Å². The van der Waals surface area contributed by atoms with Crippen molar-refractivity contribution in [1.29, 1.82) is 0 Å². The molecule has 11 nitrogen and oxygen atoms in total. The van der Waals surface area contributed by atoms with E-state index < -0.39 is 49.9 Å². The molecule has 0 saturated carbocycles. The lowest BCUT2D eigenvalue weighted by Gasteiger charge is -2.39. The minimum Gasteiger partial charge on any atom is -0.321 e. The summed E-state index contributed by atoms with van der Waals surface area (Å²) in [4.78, 5) is 51.9. The molecule has 180 valence electrons. The van der Waals surface area contributed by atoms with Gasteiger partial charge in [-0.05, 0) is 57.2 Å². The molecule has 1 fully saturated rings. The highest BCUT2D eigenvalue weighted by molar-refractivity contribution is 7.89.